The summed E-state index contributed by atoms with van der Waals surface area (Å²) in [6.07, 6.45) is 8.72. The van der Waals surface area contributed by atoms with E-state index in [1.165, 1.54) is 38.5 Å². The normalized spacial score (nSPS) is 13.1. The van der Waals surface area contributed by atoms with Gasteiger partial charge in [0.2, 0.25) is 0 Å². The molecule has 0 amide bonds. The molecule has 0 aromatic heterocycles. The van der Waals surface area contributed by atoms with E-state index in [-0.39, 0.29) is 0 Å². The Morgan fingerprint density at radius 1 is 0.643 bits per heavy atom. The van der Waals surface area contributed by atoms with Gasteiger partial charge in [-0.15, -0.1) is 0 Å². The van der Waals surface area contributed by atoms with Crippen LogP contribution in [0.3, 0.4) is 0 Å². The van der Waals surface area contributed by atoms with Gasteiger partial charge in [-0.1, -0.05) is 0 Å². The van der Waals surface area contributed by atoms with Crippen molar-refractivity contribution in [1.82, 2.24) is 0 Å². The first-order chi connectivity index (χ1) is 6.68. The predicted molar refractivity (Wildman–Crippen MR) is 72.2 cm³/mol. The Balaban J connectivity index is 3.89. The van der Waals surface area contributed by atoms with Crippen LogP contribution in [0.15, 0.2) is 0 Å². The predicted octanol–water partition coefficient (Wildman–Crippen LogP) is 5.20. The van der Waals surface area contributed by atoms with Crippen LogP contribution in [-0.4, -0.2) is 13.6 Å². The molecule has 0 aliphatic carbocycles. The molecule has 0 aromatic rings. The number of hydrogen-bond acceptors (Lipinski definition) is 0. The second kappa shape index (κ2) is 8.83. The Labute approximate surface area is 94.3 Å². The Morgan fingerprint density at radius 2 is 0.929 bits per heavy atom. The molecule has 0 nitrogen and oxygen atoms in total. The van der Waals surface area contributed by atoms with Crippen LogP contribution in [0.2, 0.25) is 21.3 Å². The minimum atomic E-state index is -1.33. The Kier molecular flexibility index (Phi) is 9.19. The summed E-state index contributed by atoms with van der Waals surface area (Å²) in [5.41, 5.74) is 2.70. The zero-order valence-corrected chi connectivity index (χ0v) is 13.0. The molecule has 14 heavy (non-hydrogen) atoms. The van der Waals surface area contributed by atoms with E-state index in [4.69, 9.17) is 0 Å². The molecule has 0 N–H and O–H groups in total. The molecule has 0 fully saturated rings. The number of rotatable bonds is 9. The van der Waals surface area contributed by atoms with Crippen molar-refractivity contribution in [2.75, 3.05) is 0 Å². The van der Waals surface area contributed by atoms with Gasteiger partial charge in [0.05, 0.1) is 0 Å². The van der Waals surface area contributed by atoms with Crippen LogP contribution in [0.1, 0.15) is 59.3 Å². The fraction of sp³-hybridized carbons (Fsp3) is 1.00. The van der Waals surface area contributed by atoms with Crippen molar-refractivity contribution in [3.63, 3.8) is 0 Å². The molecule has 0 aromatic carbocycles. The second-order valence-electron chi connectivity index (χ2n) is 5.12. The first kappa shape index (κ1) is 14.6. The molecule has 0 unspecified atom stereocenters. The number of unbranched alkanes of at least 4 members (excludes halogenated alkanes) is 3. The third-order valence-electron chi connectivity index (χ3n) is 3.40. The molecule has 88 valence electrons. The summed E-state index contributed by atoms with van der Waals surface area (Å²) in [5, 5.41) is 4.91. The molecule has 0 radical (unpaired) electrons. The molecule has 0 spiro atoms. The van der Waals surface area contributed by atoms with Gasteiger partial charge in [-0.2, -0.15) is 0 Å². The van der Waals surface area contributed by atoms with Crippen molar-refractivity contribution in [2.24, 2.45) is 0 Å². The van der Waals surface area contributed by atoms with Gasteiger partial charge >= 0.3 is 94.2 Å². The summed E-state index contributed by atoms with van der Waals surface area (Å²) >= 11 is -1.33. The third kappa shape index (κ3) is 6.93. The van der Waals surface area contributed by atoms with Gasteiger partial charge < -0.3 is 0 Å². The van der Waals surface area contributed by atoms with Crippen LogP contribution in [0.5, 0.6) is 0 Å². The van der Waals surface area contributed by atoms with Crippen molar-refractivity contribution < 1.29 is 0 Å². The minimum absolute atomic E-state index is 1.33. The standard InChI is InChI=1S/C13H31As/c1-5-8-11-14(4,12-9-6-2)13-10-7-3/h14H,5-13H2,1-4H3. The van der Waals surface area contributed by atoms with Crippen LogP contribution in [0, 0.1) is 0 Å². The second-order valence-corrected chi connectivity index (χ2v) is 15.9. The van der Waals surface area contributed by atoms with Gasteiger partial charge in [-0.3, -0.25) is 0 Å². The van der Waals surface area contributed by atoms with Crippen molar-refractivity contribution >= 4 is 13.6 Å². The Hall–Kier alpha value is 0.558. The quantitative estimate of drug-likeness (QED) is 0.501. The topological polar surface area (TPSA) is 0 Å². The van der Waals surface area contributed by atoms with E-state index >= 15 is 0 Å². The summed E-state index contributed by atoms with van der Waals surface area (Å²) in [5.74, 6) is 0. The molecule has 0 rings (SSSR count). The molecular formula is C13H31As. The molecular weight excluding hydrogens is 231 g/mol. The molecule has 1 heteroatoms. The van der Waals surface area contributed by atoms with Gasteiger partial charge in [-0.05, 0) is 0 Å². The van der Waals surface area contributed by atoms with Gasteiger partial charge in [0, 0.05) is 0 Å². The van der Waals surface area contributed by atoms with E-state index in [2.05, 4.69) is 26.5 Å². The van der Waals surface area contributed by atoms with E-state index in [9.17, 15) is 0 Å². The van der Waals surface area contributed by atoms with Gasteiger partial charge in [-0.25, -0.2) is 0 Å². The van der Waals surface area contributed by atoms with Gasteiger partial charge in [0.15, 0.2) is 0 Å². The maximum absolute atomic E-state index is 2.70. The summed E-state index contributed by atoms with van der Waals surface area (Å²) in [4.78, 5) is 0. The van der Waals surface area contributed by atoms with Crippen molar-refractivity contribution in [3.8, 4) is 0 Å². The van der Waals surface area contributed by atoms with Crippen molar-refractivity contribution in [2.45, 2.75) is 80.6 Å². The molecule has 0 heterocycles. The molecule has 0 bridgehead atoms. The SMILES string of the molecule is CCCC[AsH](C)(CCCC)CCCC. The van der Waals surface area contributed by atoms with Gasteiger partial charge in [0.25, 0.3) is 0 Å². The Bertz CT molecular complexity index is 98.6. The van der Waals surface area contributed by atoms with Crippen LogP contribution >= 0.6 is 0 Å². The van der Waals surface area contributed by atoms with Crippen LogP contribution in [-0.2, 0) is 0 Å². The van der Waals surface area contributed by atoms with Crippen molar-refractivity contribution in [3.05, 3.63) is 0 Å². The first-order valence-corrected chi connectivity index (χ1v) is 13.2. The van der Waals surface area contributed by atoms with E-state index in [1.54, 1.807) is 15.6 Å². The zero-order chi connectivity index (χ0) is 10.9. The fourth-order valence-electron chi connectivity index (χ4n) is 2.19. The first-order valence-electron chi connectivity index (χ1n) is 6.68. The van der Waals surface area contributed by atoms with Crippen LogP contribution < -0.4 is 0 Å². The van der Waals surface area contributed by atoms with Crippen LogP contribution in [0.4, 0.5) is 0 Å². The van der Waals surface area contributed by atoms with Gasteiger partial charge in [0.1, 0.15) is 0 Å². The van der Waals surface area contributed by atoms with E-state index < -0.39 is 13.6 Å². The average molecular weight is 262 g/mol. The molecule has 0 aliphatic heterocycles. The molecule has 0 atom stereocenters. The fourth-order valence-corrected chi connectivity index (χ4v) is 11.4. The zero-order valence-electron chi connectivity index (χ0n) is 10.9. The summed E-state index contributed by atoms with van der Waals surface area (Å²) in [7, 11) is 0. The summed E-state index contributed by atoms with van der Waals surface area (Å²) in [6, 6.07) is 0. The Morgan fingerprint density at radius 3 is 1.14 bits per heavy atom. The van der Waals surface area contributed by atoms with E-state index in [1.807, 2.05) is 0 Å². The molecule has 0 saturated heterocycles. The monoisotopic (exact) mass is 262 g/mol. The number of hydrogen-bond donors (Lipinski definition) is 0. The van der Waals surface area contributed by atoms with Crippen molar-refractivity contribution in [1.29, 1.82) is 0 Å². The van der Waals surface area contributed by atoms with Crippen LogP contribution in [0.25, 0.3) is 0 Å². The molecule has 0 aliphatic rings. The summed E-state index contributed by atoms with van der Waals surface area (Å²) in [6.45, 7) is 7.01. The summed E-state index contributed by atoms with van der Waals surface area (Å²) < 4.78 is 0. The molecule has 0 saturated carbocycles. The average Bonchev–Trinajstić information content (AvgIpc) is 2.21. The maximum atomic E-state index is 2.70. The van der Waals surface area contributed by atoms with E-state index in [0.717, 1.165) is 0 Å². The van der Waals surface area contributed by atoms with E-state index in [0.29, 0.717) is 0 Å². The third-order valence-corrected chi connectivity index (χ3v) is 13.2.